The van der Waals surface area contributed by atoms with Crippen LogP contribution in [0.4, 0.5) is 11.8 Å². The van der Waals surface area contributed by atoms with E-state index in [2.05, 4.69) is 69.6 Å². The van der Waals surface area contributed by atoms with Gasteiger partial charge in [0.25, 0.3) is 0 Å². The summed E-state index contributed by atoms with van der Waals surface area (Å²) in [7, 11) is 2.16. The zero-order chi connectivity index (χ0) is 19.9. The van der Waals surface area contributed by atoms with E-state index in [0.717, 1.165) is 44.5 Å². The highest BCUT2D eigenvalue weighted by molar-refractivity contribution is 5.85. The van der Waals surface area contributed by atoms with Gasteiger partial charge in [0, 0.05) is 38.9 Å². The third kappa shape index (κ3) is 5.24. The first-order valence-electron chi connectivity index (χ1n) is 10.8. The molecule has 0 amide bonds. The molecule has 152 valence electrons. The largest absolute Gasteiger partial charge is 0.356 e. The second-order valence-corrected chi connectivity index (χ2v) is 7.94. The number of rotatable bonds is 7. The number of benzene rings is 2. The second-order valence-electron chi connectivity index (χ2n) is 7.94. The van der Waals surface area contributed by atoms with Crippen LogP contribution in [-0.2, 0) is 6.54 Å². The molecule has 5 heteroatoms. The number of likely N-dealkylation sites (N-methyl/N-ethyl adjacent to an activating group) is 1. The number of anilines is 2. The highest BCUT2D eigenvalue weighted by Crippen LogP contribution is 2.20. The van der Waals surface area contributed by atoms with Crippen molar-refractivity contribution in [2.75, 3.05) is 43.4 Å². The molecule has 0 bridgehead atoms. The predicted molar refractivity (Wildman–Crippen MR) is 121 cm³/mol. The molecule has 0 radical (unpaired) electrons. The van der Waals surface area contributed by atoms with Crippen molar-refractivity contribution in [2.45, 2.75) is 32.2 Å². The lowest BCUT2D eigenvalue weighted by atomic mass is 10.0. The zero-order valence-corrected chi connectivity index (χ0v) is 17.3. The molecule has 1 fully saturated rings. The van der Waals surface area contributed by atoms with Crippen molar-refractivity contribution in [3.05, 3.63) is 60.3 Å². The minimum absolute atomic E-state index is 0.727. The summed E-state index contributed by atoms with van der Waals surface area (Å²) in [6.07, 6.45) is 7.04. The molecule has 1 aliphatic rings. The van der Waals surface area contributed by atoms with Gasteiger partial charge >= 0.3 is 0 Å². The van der Waals surface area contributed by atoms with Gasteiger partial charge in [-0.1, -0.05) is 55.3 Å². The Morgan fingerprint density at radius 1 is 0.966 bits per heavy atom. The lowest BCUT2D eigenvalue weighted by Crippen LogP contribution is -2.27. The quantitative estimate of drug-likeness (QED) is 0.642. The van der Waals surface area contributed by atoms with E-state index < -0.39 is 0 Å². The molecule has 5 nitrogen and oxygen atoms in total. The predicted octanol–water partition coefficient (Wildman–Crippen LogP) is 4.55. The normalized spacial score (nSPS) is 14.9. The lowest BCUT2D eigenvalue weighted by Gasteiger charge is -2.22. The van der Waals surface area contributed by atoms with Crippen molar-refractivity contribution in [3.63, 3.8) is 0 Å². The van der Waals surface area contributed by atoms with Crippen LogP contribution in [-0.4, -0.2) is 48.1 Å². The van der Waals surface area contributed by atoms with Crippen LogP contribution >= 0.6 is 0 Å². The van der Waals surface area contributed by atoms with Gasteiger partial charge in [0.05, 0.1) is 0 Å². The average molecular weight is 390 g/mol. The fraction of sp³-hybridized carbons (Fsp3) is 0.417. The molecule has 4 rings (SSSR count). The smallest absolute Gasteiger partial charge is 0.224 e. The zero-order valence-electron chi connectivity index (χ0n) is 17.3. The van der Waals surface area contributed by atoms with Crippen LogP contribution in [0, 0.1) is 0 Å². The highest BCUT2D eigenvalue weighted by atomic mass is 15.2. The molecule has 29 heavy (non-hydrogen) atoms. The Morgan fingerprint density at radius 3 is 2.62 bits per heavy atom. The first-order valence-corrected chi connectivity index (χ1v) is 10.8. The SMILES string of the molecule is CN(CCNc1nccc(N2CCCCCC2)n1)Cc1cccc2ccccc12. The Hall–Kier alpha value is -2.66. The van der Waals surface area contributed by atoms with Crippen LogP contribution in [0.1, 0.15) is 31.2 Å². The summed E-state index contributed by atoms with van der Waals surface area (Å²) < 4.78 is 0. The van der Waals surface area contributed by atoms with Crippen molar-refractivity contribution in [1.82, 2.24) is 14.9 Å². The summed E-state index contributed by atoms with van der Waals surface area (Å²) in [4.78, 5) is 13.9. The topological polar surface area (TPSA) is 44.3 Å². The van der Waals surface area contributed by atoms with Gasteiger partial charge in [0.15, 0.2) is 0 Å². The molecule has 2 aromatic carbocycles. The maximum absolute atomic E-state index is 4.75. The van der Waals surface area contributed by atoms with E-state index in [-0.39, 0.29) is 0 Å². The second kappa shape index (κ2) is 9.70. The van der Waals surface area contributed by atoms with Crippen molar-refractivity contribution in [3.8, 4) is 0 Å². The van der Waals surface area contributed by atoms with E-state index >= 15 is 0 Å². The van der Waals surface area contributed by atoms with E-state index in [4.69, 9.17) is 4.98 Å². The molecular weight excluding hydrogens is 358 g/mol. The van der Waals surface area contributed by atoms with Crippen molar-refractivity contribution < 1.29 is 0 Å². The third-order valence-corrected chi connectivity index (χ3v) is 5.67. The molecule has 0 spiro atoms. The number of fused-ring (bicyclic) bond motifs is 1. The highest BCUT2D eigenvalue weighted by Gasteiger charge is 2.12. The number of nitrogens with zero attached hydrogens (tertiary/aromatic N) is 4. The van der Waals surface area contributed by atoms with E-state index in [1.807, 2.05) is 12.3 Å². The molecular formula is C24H31N5. The Kier molecular flexibility index (Phi) is 6.57. The number of hydrogen-bond acceptors (Lipinski definition) is 5. The van der Waals surface area contributed by atoms with Gasteiger partial charge in [0.2, 0.25) is 5.95 Å². The maximum Gasteiger partial charge on any atom is 0.224 e. The molecule has 3 aromatic rings. The molecule has 0 aliphatic carbocycles. The fourth-order valence-corrected chi connectivity index (χ4v) is 4.07. The maximum atomic E-state index is 4.75. The van der Waals surface area contributed by atoms with Crippen LogP contribution < -0.4 is 10.2 Å². The summed E-state index contributed by atoms with van der Waals surface area (Å²) in [5, 5.41) is 6.04. The van der Waals surface area contributed by atoms with Gasteiger partial charge in [-0.3, -0.25) is 0 Å². The molecule has 1 N–H and O–H groups in total. The van der Waals surface area contributed by atoms with Gasteiger partial charge in [-0.2, -0.15) is 4.98 Å². The van der Waals surface area contributed by atoms with Crippen molar-refractivity contribution >= 4 is 22.5 Å². The first-order chi connectivity index (χ1) is 14.3. The van der Waals surface area contributed by atoms with Crippen LogP contribution in [0.5, 0.6) is 0 Å². The van der Waals surface area contributed by atoms with Gasteiger partial charge in [-0.15, -0.1) is 0 Å². The molecule has 1 aliphatic heterocycles. The van der Waals surface area contributed by atoms with Crippen LogP contribution in [0.15, 0.2) is 54.7 Å². The molecule has 1 saturated heterocycles. The van der Waals surface area contributed by atoms with E-state index in [0.29, 0.717) is 0 Å². The summed E-state index contributed by atoms with van der Waals surface area (Å²) in [5.74, 6) is 1.78. The van der Waals surface area contributed by atoms with Crippen molar-refractivity contribution in [2.24, 2.45) is 0 Å². The summed E-state index contributed by atoms with van der Waals surface area (Å²) >= 11 is 0. The Bertz CT molecular complexity index is 913. The van der Waals surface area contributed by atoms with Gasteiger partial charge in [-0.25, -0.2) is 4.98 Å². The Balaban J connectivity index is 1.31. The number of hydrogen-bond donors (Lipinski definition) is 1. The van der Waals surface area contributed by atoms with Gasteiger partial charge < -0.3 is 15.1 Å². The Morgan fingerprint density at radius 2 is 1.76 bits per heavy atom. The van der Waals surface area contributed by atoms with Crippen LogP contribution in [0.25, 0.3) is 10.8 Å². The van der Waals surface area contributed by atoms with Crippen molar-refractivity contribution in [1.29, 1.82) is 0 Å². The number of aromatic nitrogens is 2. The van der Waals surface area contributed by atoms with Gasteiger partial charge in [-0.05, 0) is 42.3 Å². The van der Waals surface area contributed by atoms with E-state index in [9.17, 15) is 0 Å². The first kappa shape index (κ1) is 19.6. The summed E-state index contributed by atoms with van der Waals surface area (Å²) in [6, 6.07) is 17.2. The standard InChI is InChI=1S/C24H31N5/c1-28(19-21-11-8-10-20-9-4-5-12-22(20)21)18-15-26-24-25-14-13-23(27-24)29-16-6-2-3-7-17-29/h4-5,8-14H,2-3,6-7,15-19H2,1H3,(H,25,26,27). The molecule has 0 saturated carbocycles. The van der Waals surface area contributed by atoms with E-state index in [1.54, 1.807) is 0 Å². The van der Waals surface area contributed by atoms with Gasteiger partial charge in [0.1, 0.15) is 5.82 Å². The minimum Gasteiger partial charge on any atom is -0.356 e. The third-order valence-electron chi connectivity index (χ3n) is 5.67. The Labute approximate surface area is 173 Å². The molecule has 2 heterocycles. The lowest BCUT2D eigenvalue weighted by molar-refractivity contribution is 0.341. The van der Waals surface area contributed by atoms with E-state index in [1.165, 1.54) is 42.0 Å². The van der Waals surface area contributed by atoms with Crippen LogP contribution in [0.3, 0.4) is 0 Å². The fourth-order valence-electron chi connectivity index (χ4n) is 4.07. The molecule has 0 atom stereocenters. The number of nitrogens with one attached hydrogen (secondary N) is 1. The molecule has 0 unspecified atom stereocenters. The summed E-state index contributed by atoms with van der Waals surface area (Å²) in [6.45, 7) is 4.89. The minimum atomic E-state index is 0.727. The molecule has 1 aromatic heterocycles. The van der Waals surface area contributed by atoms with Crippen LogP contribution in [0.2, 0.25) is 0 Å². The monoisotopic (exact) mass is 389 g/mol. The average Bonchev–Trinajstić information content (AvgIpc) is 3.04. The summed E-state index contributed by atoms with van der Waals surface area (Å²) in [5.41, 5.74) is 1.37.